The van der Waals surface area contributed by atoms with Crippen molar-refractivity contribution in [1.29, 1.82) is 0 Å². The standard InChI is InChI=1S/C13H14BrN5/c14-11-3-1-4-15-12(11)18-7-9-19(10-8-18)13-16-5-2-6-17-13/h1-6H,7-10H2. The molecule has 3 heterocycles. The van der Waals surface area contributed by atoms with Crippen molar-refractivity contribution in [2.24, 2.45) is 0 Å². The second kappa shape index (κ2) is 5.52. The van der Waals surface area contributed by atoms with Crippen LogP contribution in [-0.4, -0.2) is 41.1 Å². The number of pyridine rings is 1. The van der Waals surface area contributed by atoms with E-state index >= 15 is 0 Å². The molecule has 2 aromatic rings. The lowest BCUT2D eigenvalue weighted by atomic mass is 10.3. The molecule has 19 heavy (non-hydrogen) atoms. The maximum absolute atomic E-state index is 4.43. The van der Waals surface area contributed by atoms with Gasteiger partial charge in [-0.2, -0.15) is 0 Å². The summed E-state index contributed by atoms with van der Waals surface area (Å²) in [6.45, 7) is 3.67. The smallest absolute Gasteiger partial charge is 0.225 e. The Morgan fingerprint density at radius 1 is 0.842 bits per heavy atom. The van der Waals surface area contributed by atoms with Crippen molar-refractivity contribution >= 4 is 27.7 Å². The molecule has 0 saturated carbocycles. The van der Waals surface area contributed by atoms with Crippen LogP contribution in [0.1, 0.15) is 0 Å². The van der Waals surface area contributed by atoms with Gasteiger partial charge < -0.3 is 9.80 Å². The molecule has 1 aliphatic rings. The summed E-state index contributed by atoms with van der Waals surface area (Å²) in [6.07, 6.45) is 5.39. The van der Waals surface area contributed by atoms with Crippen LogP contribution in [0.5, 0.6) is 0 Å². The van der Waals surface area contributed by atoms with E-state index in [2.05, 4.69) is 40.7 Å². The van der Waals surface area contributed by atoms with Gasteiger partial charge in [-0.3, -0.25) is 0 Å². The minimum absolute atomic E-state index is 0.808. The largest absolute Gasteiger partial charge is 0.352 e. The van der Waals surface area contributed by atoms with Gasteiger partial charge >= 0.3 is 0 Å². The molecule has 2 aromatic heterocycles. The molecule has 0 radical (unpaired) electrons. The molecule has 1 saturated heterocycles. The highest BCUT2D eigenvalue weighted by Crippen LogP contribution is 2.24. The minimum atomic E-state index is 0.808. The van der Waals surface area contributed by atoms with Crippen molar-refractivity contribution in [3.05, 3.63) is 41.3 Å². The van der Waals surface area contributed by atoms with Crippen LogP contribution in [0, 0.1) is 0 Å². The summed E-state index contributed by atoms with van der Waals surface area (Å²) in [6, 6.07) is 5.79. The zero-order valence-electron chi connectivity index (χ0n) is 10.4. The fourth-order valence-electron chi connectivity index (χ4n) is 2.18. The topological polar surface area (TPSA) is 45.2 Å². The number of rotatable bonds is 2. The Kier molecular flexibility index (Phi) is 3.59. The number of hydrogen-bond donors (Lipinski definition) is 0. The molecule has 0 aliphatic carbocycles. The molecule has 6 heteroatoms. The molecule has 0 aromatic carbocycles. The molecule has 1 fully saturated rings. The van der Waals surface area contributed by atoms with Crippen molar-refractivity contribution in [3.8, 4) is 0 Å². The quantitative estimate of drug-likeness (QED) is 0.846. The average Bonchev–Trinajstić information content (AvgIpc) is 2.49. The summed E-state index contributed by atoms with van der Waals surface area (Å²) >= 11 is 3.55. The number of hydrogen-bond acceptors (Lipinski definition) is 5. The highest BCUT2D eigenvalue weighted by molar-refractivity contribution is 9.10. The van der Waals surface area contributed by atoms with Crippen LogP contribution in [0.15, 0.2) is 41.3 Å². The molecule has 1 aliphatic heterocycles. The second-order valence-corrected chi connectivity index (χ2v) is 5.19. The summed E-state index contributed by atoms with van der Waals surface area (Å²) in [4.78, 5) is 17.5. The average molecular weight is 320 g/mol. The van der Waals surface area contributed by atoms with Gasteiger partial charge in [0.15, 0.2) is 0 Å². The molecule has 0 N–H and O–H groups in total. The Morgan fingerprint density at radius 3 is 2.16 bits per heavy atom. The van der Waals surface area contributed by atoms with Crippen LogP contribution in [-0.2, 0) is 0 Å². The molecule has 5 nitrogen and oxygen atoms in total. The Bertz CT molecular complexity index is 540. The van der Waals surface area contributed by atoms with Gasteiger partial charge in [-0.05, 0) is 34.1 Å². The first-order chi connectivity index (χ1) is 9.34. The van der Waals surface area contributed by atoms with E-state index in [4.69, 9.17) is 0 Å². The zero-order chi connectivity index (χ0) is 13.1. The van der Waals surface area contributed by atoms with Gasteiger partial charge in [0.05, 0.1) is 4.47 Å². The molecular formula is C13H14BrN5. The number of anilines is 2. The number of nitrogens with zero attached hydrogens (tertiary/aromatic N) is 5. The predicted octanol–water partition coefficient (Wildman–Crippen LogP) is 1.96. The SMILES string of the molecule is Brc1cccnc1N1CCN(c2ncccn2)CC1. The predicted molar refractivity (Wildman–Crippen MR) is 78.4 cm³/mol. The van der Waals surface area contributed by atoms with E-state index < -0.39 is 0 Å². The molecule has 0 spiro atoms. The lowest BCUT2D eigenvalue weighted by Crippen LogP contribution is -2.47. The van der Waals surface area contributed by atoms with Crippen LogP contribution in [0.4, 0.5) is 11.8 Å². The van der Waals surface area contributed by atoms with E-state index in [9.17, 15) is 0 Å². The zero-order valence-corrected chi connectivity index (χ0v) is 12.0. The van der Waals surface area contributed by atoms with Gasteiger partial charge in [0.25, 0.3) is 0 Å². The summed E-state index contributed by atoms with van der Waals surface area (Å²) in [5, 5.41) is 0. The fraction of sp³-hybridized carbons (Fsp3) is 0.308. The van der Waals surface area contributed by atoms with Gasteiger partial charge in [-0.15, -0.1) is 0 Å². The normalized spacial score (nSPS) is 15.6. The van der Waals surface area contributed by atoms with E-state index in [0.717, 1.165) is 42.4 Å². The summed E-state index contributed by atoms with van der Waals surface area (Å²) < 4.78 is 1.04. The van der Waals surface area contributed by atoms with E-state index in [1.54, 1.807) is 12.4 Å². The van der Waals surface area contributed by atoms with E-state index in [-0.39, 0.29) is 0 Å². The lowest BCUT2D eigenvalue weighted by molar-refractivity contribution is 0.633. The first-order valence-corrected chi connectivity index (χ1v) is 7.01. The number of halogens is 1. The van der Waals surface area contributed by atoms with Crippen molar-refractivity contribution in [1.82, 2.24) is 15.0 Å². The first kappa shape index (κ1) is 12.3. The second-order valence-electron chi connectivity index (χ2n) is 4.33. The number of aromatic nitrogens is 3. The highest BCUT2D eigenvalue weighted by atomic mass is 79.9. The lowest BCUT2D eigenvalue weighted by Gasteiger charge is -2.35. The van der Waals surface area contributed by atoms with Crippen LogP contribution in [0.3, 0.4) is 0 Å². The Morgan fingerprint density at radius 2 is 1.47 bits per heavy atom. The van der Waals surface area contributed by atoms with Crippen molar-refractivity contribution in [3.63, 3.8) is 0 Å². The van der Waals surface area contributed by atoms with E-state index in [1.165, 1.54) is 0 Å². The van der Waals surface area contributed by atoms with E-state index in [0.29, 0.717) is 0 Å². The molecule has 0 atom stereocenters. The Balaban J connectivity index is 1.69. The van der Waals surface area contributed by atoms with Crippen LogP contribution in [0.2, 0.25) is 0 Å². The van der Waals surface area contributed by atoms with Crippen LogP contribution in [0.25, 0.3) is 0 Å². The molecule has 3 rings (SSSR count). The molecule has 0 amide bonds. The molecule has 98 valence electrons. The Hall–Kier alpha value is -1.69. The van der Waals surface area contributed by atoms with E-state index in [1.807, 2.05) is 24.4 Å². The highest BCUT2D eigenvalue weighted by Gasteiger charge is 2.20. The summed E-state index contributed by atoms with van der Waals surface area (Å²) in [5.74, 6) is 1.82. The van der Waals surface area contributed by atoms with Gasteiger partial charge in [0.2, 0.25) is 5.95 Å². The van der Waals surface area contributed by atoms with Crippen molar-refractivity contribution < 1.29 is 0 Å². The molecule has 0 bridgehead atoms. The van der Waals surface area contributed by atoms with Gasteiger partial charge in [-0.25, -0.2) is 15.0 Å². The van der Waals surface area contributed by atoms with Gasteiger partial charge in [0.1, 0.15) is 5.82 Å². The van der Waals surface area contributed by atoms with Crippen LogP contribution < -0.4 is 9.80 Å². The van der Waals surface area contributed by atoms with Crippen LogP contribution >= 0.6 is 15.9 Å². The summed E-state index contributed by atoms with van der Waals surface area (Å²) in [7, 11) is 0. The van der Waals surface area contributed by atoms with Gasteiger partial charge in [-0.1, -0.05) is 0 Å². The van der Waals surface area contributed by atoms with Crippen molar-refractivity contribution in [2.45, 2.75) is 0 Å². The minimum Gasteiger partial charge on any atom is -0.352 e. The monoisotopic (exact) mass is 319 g/mol. The van der Waals surface area contributed by atoms with Crippen molar-refractivity contribution in [2.75, 3.05) is 36.0 Å². The Labute approximate surface area is 120 Å². The first-order valence-electron chi connectivity index (χ1n) is 6.22. The third-order valence-electron chi connectivity index (χ3n) is 3.15. The number of piperazine rings is 1. The fourth-order valence-corrected chi connectivity index (χ4v) is 2.69. The third-order valence-corrected chi connectivity index (χ3v) is 3.77. The summed E-state index contributed by atoms with van der Waals surface area (Å²) in [5.41, 5.74) is 0. The van der Waals surface area contributed by atoms with Gasteiger partial charge in [0, 0.05) is 44.8 Å². The maximum atomic E-state index is 4.43. The molecule has 0 unspecified atom stereocenters. The molecular weight excluding hydrogens is 306 g/mol. The third kappa shape index (κ3) is 2.68. The maximum Gasteiger partial charge on any atom is 0.225 e.